The highest BCUT2D eigenvalue weighted by molar-refractivity contribution is 4.77. The number of nitrogens with zero attached hydrogens (tertiary/aromatic N) is 4. The van der Waals surface area contributed by atoms with Gasteiger partial charge in [-0.2, -0.15) is 0 Å². The average Bonchev–Trinajstić information content (AvgIpc) is 2.90. The van der Waals surface area contributed by atoms with E-state index in [4.69, 9.17) is 28.4 Å². The van der Waals surface area contributed by atoms with Gasteiger partial charge in [-0.15, -0.1) is 0 Å². The second kappa shape index (κ2) is 22.4. The Morgan fingerprint density at radius 3 is 1.03 bits per heavy atom. The van der Waals surface area contributed by atoms with Crippen molar-refractivity contribution in [3.05, 3.63) is 0 Å². The zero-order valence-corrected chi connectivity index (χ0v) is 25.0. The highest BCUT2D eigenvalue weighted by atomic mass is 16.5. The van der Waals surface area contributed by atoms with Crippen LogP contribution in [0, 0.1) is 0 Å². The summed E-state index contributed by atoms with van der Waals surface area (Å²) >= 11 is 0. The number of hydrogen-bond acceptors (Lipinski definition) is 10. The molecular formula is C27H58N4O6. The minimum Gasteiger partial charge on any atom is -0.382 e. The minimum absolute atomic E-state index is 0.0461. The first-order chi connectivity index (χ1) is 18.0. The second-order valence-electron chi connectivity index (χ2n) is 10.0. The number of unbranched alkanes of at least 4 members (excludes halogenated alkanes) is 1. The lowest BCUT2D eigenvalue weighted by Gasteiger charge is -2.36. The largest absolute Gasteiger partial charge is 0.382 e. The van der Waals surface area contributed by atoms with Crippen LogP contribution in [0.5, 0.6) is 0 Å². The molecule has 1 heterocycles. The van der Waals surface area contributed by atoms with E-state index in [2.05, 4.69) is 26.5 Å². The van der Waals surface area contributed by atoms with Crippen molar-refractivity contribution in [2.75, 3.05) is 141 Å². The summed E-state index contributed by atoms with van der Waals surface area (Å²) in [5, 5.41) is 0. The molecule has 0 amide bonds. The van der Waals surface area contributed by atoms with Gasteiger partial charge in [0.1, 0.15) is 0 Å². The molecule has 10 nitrogen and oxygen atoms in total. The van der Waals surface area contributed by atoms with Crippen molar-refractivity contribution in [1.82, 2.24) is 19.6 Å². The fourth-order valence-electron chi connectivity index (χ4n) is 4.74. The molecule has 0 aliphatic carbocycles. The van der Waals surface area contributed by atoms with E-state index < -0.39 is 0 Å². The summed E-state index contributed by atoms with van der Waals surface area (Å²) < 4.78 is 33.4. The molecule has 1 saturated heterocycles. The van der Waals surface area contributed by atoms with Crippen molar-refractivity contribution in [3.8, 4) is 0 Å². The molecule has 37 heavy (non-hydrogen) atoms. The lowest BCUT2D eigenvalue weighted by molar-refractivity contribution is -0.0135. The van der Waals surface area contributed by atoms with Crippen molar-refractivity contribution >= 4 is 0 Å². The molecule has 1 aliphatic heterocycles. The molecule has 10 heteroatoms. The van der Waals surface area contributed by atoms with Crippen molar-refractivity contribution in [1.29, 1.82) is 0 Å². The molecule has 0 N–H and O–H groups in total. The number of methoxy groups -OCH3 is 6. The highest BCUT2D eigenvalue weighted by Gasteiger charge is 2.22. The Morgan fingerprint density at radius 2 is 0.784 bits per heavy atom. The lowest BCUT2D eigenvalue weighted by Crippen LogP contribution is -2.50. The summed E-state index contributed by atoms with van der Waals surface area (Å²) in [7, 11) is 10.5. The molecule has 3 unspecified atom stereocenters. The van der Waals surface area contributed by atoms with Crippen molar-refractivity contribution in [3.63, 3.8) is 0 Å². The standard InChI is InChI=1S/C27H58N4O6/c1-8-9-10-28-11-13-29(19-25(35-5)22-32-2)15-17-31(21-27(37-7)24-34-4)18-16-30(14-12-28)20-26(36-6)23-33-3/h25-27H,8-24H2,1-7H3. The van der Waals surface area contributed by atoms with Crippen LogP contribution in [0.2, 0.25) is 0 Å². The van der Waals surface area contributed by atoms with Gasteiger partial charge in [0, 0.05) is 115 Å². The molecule has 0 aromatic heterocycles. The third-order valence-corrected chi connectivity index (χ3v) is 7.20. The summed E-state index contributed by atoms with van der Waals surface area (Å²) in [4.78, 5) is 10.2. The van der Waals surface area contributed by atoms with Gasteiger partial charge in [-0.25, -0.2) is 0 Å². The number of hydrogen-bond donors (Lipinski definition) is 0. The van der Waals surface area contributed by atoms with Crippen molar-refractivity contribution < 1.29 is 28.4 Å². The molecule has 0 aromatic carbocycles. The second-order valence-corrected chi connectivity index (χ2v) is 10.0. The maximum atomic E-state index is 5.73. The van der Waals surface area contributed by atoms with Gasteiger partial charge in [-0.3, -0.25) is 14.7 Å². The Balaban J connectivity index is 3.04. The minimum atomic E-state index is 0.0461. The van der Waals surface area contributed by atoms with Gasteiger partial charge in [0.15, 0.2) is 0 Å². The normalized spacial score (nSPS) is 20.8. The Morgan fingerprint density at radius 1 is 0.486 bits per heavy atom. The van der Waals surface area contributed by atoms with E-state index in [0.717, 1.165) is 78.5 Å². The molecule has 0 bridgehead atoms. The van der Waals surface area contributed by atoms with E-state index in [1.54, 1.807) is 42.7 Å². The topological polar surface area (TPSA) is 68.3 Å². The van der Waals surface area contributed by atoms with Gasteiger partial charge in [0.05, 0.1) is 38.1 Å². The van der Waals surface area contributed by atoms with Crippen LogP contribution in [0.3, 0.4) is 0 Å². The average molecular weight is 535 g/mol. The first-order valence-electron chi connectivity index (χ1n) is 14.0. The first kappa shape index (κ1) is 34.6. The smallest absolute Gasteiger partial charge is 0.0931 e. The molecule has 0 radical (unpaired) electrons. The zero-order valence-electron chi connectivity index (χ0n) is 25.0. The Labute approximate surface area is 227 Å². The van der Waals surface area contributed by atoms with E-state index in [9.17, 15) is 0 Å². The molecule has 0 saturated carbocycles. The van der Waals surface area contributed by atoms with Crippen molar-refractivity contribution in [2.24, 2.45) is 0 Å². The van der Waals surface area contributed by atoms with Gasteiger partial charge in [0.25, 0.3) is 0 Å². The number of ether oxygens (including phenoxy) is 6. The molecule has 1 fully saturated rings. The van der Waals surface area contributed by atoms with Crippen LogP contribution in [-0.2, 0) is 28.4 Å². The molecule has 0 spiro atoms. The van der Waals surface area contributed by atoms with E-state index in [0.29, 0.717) is 19.8 Å². The van der Waals surface area contributed by atoms with Gasteiger partial charge >= 0.3 is 0 Å². The maximum absolute atomic E-state index is 5.73. The fraction of sp³-hybridized carbons (Fsp3) is 1.00. The van der Waals surface area contributed by atoms with Crippen LogP contribution in [0.25, 0.3) is 0 Å². The van der Waals surface area contributed by atoms with E-state index in [-0.39, 0.29) is 18.3 Å². The Bertz CT molecular complexity index is 489. The third kappa shape index (κ3) is 15.7. The molecule has 1 aliphatic rings. The SMILES string of the molecule is CCCCN1CCN(CC(COC)OC)CCN(CC(COC)OC)CCN(CC(COC)OC)CC1. The maximum Gasteiger partial charge on any atom is 0.0931 e. The highest BCUT2D eigenvalue weighted by Crippen LogP contribution is 2.07. The number of rotatable bonds is 18. The van der Waals surface area contributed by atoms with Crippen LogP contribution < -0.4 is 0 Å². The Kier molecular flexibility index (Phi) is 21.0. The summed E-state index contributed by atoms with van der Waals surface area (Å²) in [6, 6.07) is 0. The summed E-state index contributed by atoms with van der Waals surface area (Å²) in [6.07, 6.45) is 2.61. The molecular weight excluding hydrogens is 476 g/mol. The third-order valence-electron chi connectivity index (χ3n) is 7.20. The summed E-state index contributed by atoms with van der Waals surface area (Å²) in [5.41, 5.74) is 0. The molecule has 0 aromatic rings. The zero-order chi connectivity index (χ0) is 27.3. The van der Waals surface area contributed by atoms with Crippen LogP contribution in [-0.4, -0.2) is 179 Å². The monoisotopic (exact) mass is 534 g/mol. The van der Waals surface area contributed by atoms with Crippen LogP contribution >= 0.6 is 0 Å². The predicted octanol–water partition coefficient (Wildman–Crippen LogP) is 0.992. The van der Waals surface area contributed by atoms with E-state index in [1.165, 1.54) is 12.8 Å². The van der Waals surface area contributed by atoms with E-state index in [1.807, 2.05) is 0 Å². The van der Waals surface area contributed by atoms with Crippen molar-refractivity contribution in [2.45, 2.75) is 38.1 Å². The predicted molar refractivity (Wildman–Crippen MR) is 149 cm³/mol. The Hall–Kier alpha value is -0.400. The van der Waals surface area contributed by atoms with E-state index >= 15 is 0 Å². The summed E-state index contributed by atoms with van der Waals surface area (Å²) in [6.45, 7) is 15.7. The van der Waals surface area contributed by atoms with Crippen LogP contribution in [0.1, 0.15) is 19.8 Å². The lowest BCUT2D eigenvalue weighted by atomic mass is 10.2. The van der Waals surface area contributed by atoms with Gasteiger partial charge < -0.3 is 33.3 Å². The molecule has 222 valence electrons. The van der Waals surface area contributed by atoms with Gasteiger partial charge in [0.2, 0.25) is 0 Å². The summed E-state index contributed by atoms with van der Waals surface area (Å²) in [5.74, 6) is 0. The van der Waals surface area contributed by atoms with Crippen LogP contribution in [0.4, 0.5) is 0 Å². The van der Waals surface area contributed by atoms with Crippen LogP contribution in [0.15, 0.2) is 0 Å². The van der Waals surface area contributed by atoms with Gasteiger partial charge in [-0.05, 0) is 13.0 Å². The van der Waals surface area contributed by atoms with Gasteiger partial charge in [-0.1, -0.05) is 13.3 Å². The fourth-order valence-corrected chi connectivity index (χ4v) is 4.74. The first-order valence-corrected chi connectivity index (χ1v) is 14.0. The molecule has 3 atom stereocenters. The quantitative estimate of drug-likeness (QED) is 0.254. The molecule has 1 rings (SSSR count).